The van der Waals surface area contributed by atoms with Crippen molar-refractivity contribution >= 4 is 33.4 Å². The van der Waals surface area contributed by atoms with Crippen molar-refractivity contribution in [3.8, 4) is 0 Å². The molecular formula is C50H42. The van der Waals surface area contributed by atoms with E-state index in [9.17, 15) is 0 Å². The predicted octanol–water partition coefficient (Wildman–Crippen LogP) is 13.0. The van der Waals surface area contributed by atoms with Crippen molar-refractivity contribution < 1.29 is 0 Å². The van der Waals surface area contributed by atoms with Gasteiger partial charge in [0.1, 0.15) is 0 Å². The van der Waals surface area contributed by atoms with Crippen LogP contribution >= 0.6 is 0 Å². The summed E-state index contributed by atoms with van der Waals surface area (Å²) in [5.74, 6) is 0. The summed E-state index contributed by atoms with van der Waals surface area (Å²) in [4.78, 5) is 0. The zero-order chi connectivity index (χ0) is 34.5. The Morgan fingerprint density at radius 2 is 0.280 bits per heavy atom. The first-order chi connectivity index (χ1) is 24.3. The van der Waals surface area contributed by atoms with Gasteiger partial charge in [-0.15, -0.1) is 0 Å². The minimum Gasteiger partial charge on any atom is -0.0587 e. The van der Waals surface area contributed by atoms with Crippen LogP contribution in [-0.2, 0) is 0 Å². The second kappa shape index (κ2) is 12.6. The minimum absolute atomic E-state index is 1.24. The van der Waals surface area contributed by atoms with E-state index in [1.165, 1.54) is 111 Å². The zero-order valence-electron chi connectivity index (χ0n) is 29.9. The molecule has 0 heterocycles. The summed E-state index contributed by atoms with van der Waals surface area (Å²) in [6, 6.07) is 54.9. The average molecular weight is 643 g/mol. The van der Waals surface area contributed by atoms with E-state index in [0.717, 1.165) is 0 Å². The van der Waals surface area contributed by atoms with E-state index in [-0.39, 0.29) is 0 Å². The van der Waals surface area contributed by atoms with Gasteiger partial charge in [0.2, 0.25) is 0 Å². The van der Waals surface area contributed by atoms with Crippen molar-refractivity contribution in [2.45, 2.75) is 41.5 Å². The molecule has 8 rings (SSSR count). The number of fused-ring (bicyclic) bond motifs is 1. The van der Waals surface area contributed by atoms with E-state index in [1.807, 2.05) is 0 Å². The van der Waals surface area contributed by atoms with Crippen LogP contribution < -0.4 is 0 Å². The van der Waals surface area contributed by atoms with Crippen molar-refractivity contribution in [2.75, 3.05) is 0 Å². The summed E-state index contributed by atoms with van der Waals surface area (Å²) >= 11 is 0. The van der Waals surface area contributed by atoms with Gasteiger partial charge >= 0.3 is 0 Å². The highest BCUT2D eigenvalue weighted by Crippen LogP contribution is 2.63. The van der Waals surface area contributed by atoms with Crippen LogP contribution in [0.1, 0.15) is 66.8 Å². The van der Waals surface area contributed by atoms with Gasteiger partial charge < -0.3 is 0 Å². The van der Waals surface area contributed by atoms with Gasteiger partial charge in [0.25, 0.3) is 0 Å². The van der Waals surface area contributed by atoms with Gasteiger partial charge in [-0.2, -0.15) is 0 Å². The molecule has 0 aliphatic heterocycles. The molecule has 0 bridgehead atoms. The Kier molecular flexibility index (Phi) is 7.96. The number of allylic oxidation sites excluding steroid dienone is 8. The molecule has 50 heavy (non-hydrogen) atoms. The van der Waals surface area contributed by atoms with Crippen molar-refractivity contribution in [3.05, 3.63) is 224 Å². The second-order valence-corrected chi connectivity index (χ2v) is 14.2. The molecule has 0 nitrogen and oxygen atoms in total. The highest BCUT2D eigenvalue weighted by Gasteiger charge is 2.42. The summed E-state index contributed by atoms with van der Waals surface area (Å²) in [5, 5.41) is 0. The zero-order valence-corrected chi connectivity index (χ0v) is 29.9. The minimum atomic E-state index is 1.24. The molecule has 0 aromatic heterocycles. The Morgan fingerprint density at radius 1 is 0.160 bits per heavy atom. The predicted molar refractivity (Wildman–Crippen MR) is 215 cm³/mol. The van der Waals surface area contributed by atoms with Crippen LogP contribution in [0.25, 0.3) is 33.4 Å². The largest absolute Gasteiger partial charge is 0.0587 e. The van der Waals surface area contributed by atoms with Crippen molar-refractivity contribution in [2.24, 2.45) is 0 Å². The van der Waals surface area contributed by atoms with Crippen LogP contribution in [0.2, 0.25) is 0 Å². The lowest BCUT2D eigenvalue weighted by atomic mass is 9.83. The van der Waals surface area contributed by atoms with Crippen LogP contribution in [0.5, 0.6) is 0 Å². The van der Waals surface area contributed by atoms with E-state index >= 15 is 0 Å². The first-order valence-electron chi connectivity index (χ1n) is 17.7. The molecule has 242 valence electrons. The molecule has 0 radical (unpaired) electrons. The molecule has 2 aliphatic rings. The van der Waals surface area contributed by atoms with Crippen LogP contribution in [0, 0.1) is 41.5 Å². The number of benzene rings is 6. The van der Waals surface area contributed by atoms with Crippen molar-refractivity contribution in [1.82, 2.24) is 0 Å². The molecule has 0 N–H and O–H groups in total. The molecule has 2 aliphatic carbocycles. The fraction of sp³-hybridized carbons (Fsp3) is 0.120. The average Bonchev–Trinajstić information content (AvgIpc) is 3.63. The van der Waals surface area contributed by atoms with E-state index < -0.39 is 0 Å². The molecule has 0 spiro atoms. The Labute approximate surface area is 297 Å². The monoisotopic (exact) mass is 642 g/mol. The first kappa shape index (κ1) is 31.5. The normalized spacial score (nSPS) is 14.3. The topological polar surface area (TPSA) is 0 Å². The van der Waals surface area contributed by atoms with E-state index in [4.69, 9.17) is 0 Å². The number of hydrogen-bond donors (Lipinski definition) is 0. The lowest BCUT2D eigenvalue weighted by molar-refractivity contribution is 1.43. The molecular weight excluding hydrogens is 601 g/mol. The summed E-state index contributed by atoms with van der Waals surface area (Å²) in [5.41, 5.74) is 25.4. The van der Waals surface area contributed by atoms with Crippen LogP contribution in [-0.4, -0.2) is 0 Å². The summed E-state index contributed by atoms with van der Waals surface area (Å²) in [6.45, 7) is 13.0. The van der Waals surface area contributed by atoms with Crippen molar-refractivity contribution in [3.63, 3.8) is 0 Å². The van der Waals surface area contributed by atoms with Crippen LogP contribution in [0.3, 0.4) is 0 Å². The first-order valence-corrected chi connectivity index (χ1v) is 17.7. The summed E-state index contributed by atoms with van der Waals surface area (Å²) in [6.07, 6.45) is 0. The van der Waals surface area contributed by atoms with Gasteiger partial charge in [0.05, 0.1) is 0 Å². The van der Waals surface area contributed by atoms with E-state index in [2.05, 4.69) is 187 Å². The quantitative estimate of drug-likeness (QED) is 0.170. The van der Waals surface area contributed by atoms with Gasteiger partial charge in [-0.1, -0.05) is 179 Å². The standard InChI is InChI=1S/C50H42/c1-31-7-19-37(20-8-31)43-45(39-23-11-33(3)12-24-39)49-47(41-27-15-35(5)16-28-41)44(38-21-9-32(2)10-22-38)48(42-29-17-36(6)18-30-42)50(49)46(43)40-25-13-34(4)14-26-40/h7-30H,1-6H3. The highest BCUT2D eigenvalue weighted by atomic mass is 14.4. The molecule has 0 saturated heterocycles. The summed E-state index contributed by atoms with van der Waals surface area (Å²) < 4.78 is 0. The molecule has 6 aromatic rings. The van der Waals surface area contributed by atoms with Gasteiger partial charge in [-0.3, -0.25) is 0 Å². The molecule has 0 fully saturated rings. The third-order valence-electron chi connectivity index (χ3n) is 10.3. The van der Waals surface area contributed by atoms with E-state index in [0.29, 0.717) is 0 Å². The maximum atomic E-state index is 2.32. The number of hydrogen-bond acceptors (Lipinski definition) is 0. The molecule has 6 aromatic carbocycles. The lowest BCUT2D eigenvalue weighted by Crippen LogP contribution is -1.97. The summed E-state index contributed by atoms with van der Waals surface area (Å²) in [7, 11) is 0. The lowest BCUT2D eigenvalue weighted by Gasteiger charge is -2.19. The van der Waals surface area contributed by atoms with Gasteiger partial charge in [0, 0.05) is 0 Å². The van der Waals surface area contributed by atoms with Crippen molar-refractivity contribution in [1.29, 1.82) is 0 Å². The second-order valence-electron chi connectivity index (χ2n) is 14.2. The van der Waals surface area contributed by atoms with Gasteiger partial charge in [-0.05, 0) is 120 Å². The molecule has 0 heteroatoms. The van der Waals surface area contributed by atoms with Crippen LogP contribution in [0.15, 0.2) is 157 Å². The number of rotatable bonds is 6. The Morgan fingerprint density at radius 3 is 0.440 bits per heavy atom. The maximum Gasteiger partial charge on any atom is -0.0000936 e. The molecule has 0 atom stereocenters. The number of aryl methyl sites for hydroxylation is 6. The molecule has 0 amide bonds. The molecule has 0 saturated carbocycles. The van der Waals surface area contributed by atoms with Gasteiger partial charge in [-0.25, -0.2) is 0 Å². The Bertz CT molecular complexity index is 2190. The third kappa shape index (κ3) is 5.52. The Hall–Kier alpha value is -5.72. The third-order valence-corrected chi connectivity index (χ3v) is 10.3. The maximum absolute atomic E-state index is 2.32. The molecule has 0 unspecified atom stereocenters. The van der Waals surface area contributed by atoms with Crippen LogP contribution in [0.4, 0.5) is 0 Å². The van der Waals surface area contributed by atoms with E-state index in [1.54, 1.807) is 0 Å². The fourth-order valence-corrected chi connectivity index (χ4v) is 7.55. The fourth-order valence-electron chi connectivity index (χ4n) is 7.55. The highest BCUT2D eigenvalue weighted by molar-refractivity contribution is 6.40. The van der Waals surface area contributed by atoms with Gasteiger partial charge in [0.15, 0.2) is 0 Å². The smallest absolute Gasteiger partial charge is 0.0000936 e. The Balaban J connectivity index is 1.61. The SMILES string of the molecule is Cc1ccc(C2=C3C(=C(c4ccc(C)cc4)C(c4ccc(C)cc4)=C3c3ccc(C)cc3)C(c3ccc(C)cc3)=C2c2ccc(C)cc2)cc1.